The fraction of sp³-hybridized carbons (Fsp3) is 0.0769. The second-order valence-corrected chi connectivity index (χ2v) is 3.76. The molecule has 0 bridgehead atoms. The molecule has 0 atom stereocenters. The lowest BCUT2D eigenvalue weighted by atomic mass is 10.2. The van der Waals surface area contributed by atoms with Crippen molar-refractivity contribution >= 4 is 11.6 Å². The molecule has 0 unspecified atom stereocenters. The molecule has 0 fully saturated rings. The summed E-state index contributed by atoms with van der Waals surface area (Å²) in [5.41, 5.74) is 1.04. The van der Waals surface area contributed by atoms with Crippen molar-refractivity contribution < 1.29 is 9.13 Å². The van der Waals surface area contributed by atoms with Crippen molar-refractivity contribution in [2.45, 2.75) is 6.61 Å². The molecule has 0 aliphatic rings. The summed E-state index contributed by atoms with van der Waals surface area (Å²) in [6, 6.07) is 14.1. The van der Waals surface area contributed by atoms with Gasteiger partial charge in [0.1, 0.15) is 18.2 Å². The lowest BCUT2D eigenvalue weighted by Gasteiger charge is -2.06. The molecule has 0 saturated heterocycles. The monoisotopic (exact) mass is 236 g/mol. The average Bonchev–Trinajstić information content (AvgIpc) is 2.32. The maximum atomic E-state index is 13.1. The van der Waals surface area contributed by atoms with Gasteiger partial charge in [0.15, 0.2) is 0 Å². The van der Waals surface area contributed by atoms with Crippen LogP contribution in [0.2, 0.25) is 5.02 Å². The van der Waals surface area contributed by atoms with Gasteiger partial charge < -0.3 is 4.74 Å². The van der Waals surface area contributed by atoms with Crippen molar-refractivity contribution in [3.63, 3.8) is 0 Å². The van der Waals surface area contributed by atoms with Crippen LogP contribution in [0, 0.1) is 5.82 Å². The van der Waals surface area contributed by atoms with E-state index in [0.717, 1.165) is 5.56 Å². The fourth-order valence-electron chi connectivity index (χ4n) is 1.31. The Morgan fingerprint density at radius 3 is 2.50 bits per heavy atom. The molecule has 2 aromatic rings. The Morgan fingerprint density at radius 1 is 1.06 bits per heavy atom. The number of rotatable bonds is 3. The molecule has 0 heterocycles. The Balaban J connectivity index is 2.03. The smallest absolute Gasteiger partial charge is 0.145 e. The van der Waals surface area contributed by atoms with E-state index >= 15 is 0 Å². The summed E-state index contributed by atoms with van der Waals surface area (Å²) in [6.45, 7) is 0.419. The maximum absolute atomic E-state index is 13.1. The molecule has 82 valence electrons. The highest BCUT2D eigenvalue weighted by molar-refractivity contribution is 6.30. The van der Waals surface area contributed by atoms with Gasteiger partial charge in [-0.3, -0.25) is 0 Å². The highest BCUT2D eigenvalue weighted by Gasteiger charge is 2.01. The third kappa shape index (κ3) is 2.74. The predicted molar refractivity (Wildman–Crippen MR) is 62.2 cm³/mol. The summed E-state index contributed by atoms with van der Waals surface area (Å²) < 4.78 is 18.5. The first-order chi connectivity index (χ1) is 7.75. The third-order valence-corrected chi connectivity index (χ3v) is 2.45. The van der Waals surface area contributed by atoms with E-state index in [0.29, 0.717) is 12.4 Å². The van der Waals surface area contributed by atoms with E-state index in [1.807, 2.05) is 30.3 Å². The minimum absolute atomic E-state index is 0.104. The summed E-state index contributed by atoms with van der Waals surface area (Å²) in [7, 11) is 0. The van der Waals surface area contributed by atoms with Gasteiger partial charge in [-0.25, -0.2) is 4.39 Å². The molecule has 0 N–H and O–H groups in total. The van der Waals surface area contributed by atoms with Gasteiger partial charge in [-0.05, 0) is 17.7 Å². The zero-order valence-electron chi connectivity index (χ0n) is 8.49. The van der Waals surface area contributed by atoms with Gasteiger partial charge in [0.05, 0.1) is 5.02 Å². The number of ether oxygens (including phenoxy) is 1. The van der Waals surface area contributed by atoms with Crippen LogP contribution in [0.3, 0.4) is 0 Å². The van der Waals surface area contributed by atoms with Crippen LogP contribution in [0.5, 0.6) is 5.75 Å². The minimum Gasteiger partial charge on any atom is -0.489 e. The number of hydrogen-bond donors (Lipinski definition) is 0. The van der Waals surface area contributed by atoms with Gasteiger partial charge >= 0.3 is 0 Å². The zero-order valence-corrected chi connectivity index (χ0v) is 9.25. The Kier molecular flexibility index (Phi) is 3.42. The van der Waals surface area contributed by atoms with E-state index in [1.165, 1.54) is 12.1 Å². The summed E-state index contributed by atoms with van der Waals surface area (Å²) in [5, 5.41) is 0.104. The Morgan fingerprint density at radius 2 is 1.81 bits per heavy atom. The molecule has 2 rings (SSSR count). The first-order valence-corrected chi connectivity index (χ1v) is 5.25. The van der Waals surface area contributed by atoms with E-state index in [-0.39, 0.29) is 5.02 Å². The van der Waals surface area contributed by atoms with Crippen molar-refractivity contribution in [1.29, 1.82) is 0 Å². The normalized spacial score (nSPS) is 10.1. The molecule has 0 aromatic heterocycles. The van der Waals surface area contributed by atoms with E-state index in [4.69, 9.17) is 16.3 Å². The Labute approximate surface area is 98.4 Å². The van der Waals surface area contributed by atoms with Crippen molar-refractivity contribution in [3.8, 4) is 5.75 Å². The molecular weight excluding hydrogens is 227 g/mol. The van der Waals surface area contributed by atoms with Crippen LogP contribution in [-0.4, -0.2) is 0 Å². The van der Waals surface area contributed by atoms with Crippen LogP contribution in [0.25, 0.3) is 0 Å². The summed E-state index contributed by atoms with van der Waals surface area (Å²) in [4.78, 5) is 0. The SMILES string of the molecule is Fc1cc(OCc2ccccc2)ccc1Cl. The van der Waals surface area contributed by atoms with Gasteiger partial charge in [0, 0.05) is 6.07 Å². The van der Waals surface area contributed by atoms with Crippen LogP contribution in [0.4, 0.5) is 4.39 Å². The van der Waals surface area contributed by atoms with Crippen LogP contribution in [0.15, 0.2) is 48.5 Å². The molecule has 16 heavy (non-hydrogen) atoms. The first-order valence-electron chi connectivity index (χ1n) is 4.87. The molecule has 1 nitrogen and oxygen atoms in total. The van der Waals surface area contributed by atoms with Gasteiger partial charge in [0.2, 0.25) is 0 Å². The maximum Gasteiger partial charge on any atom is 0.145 e. The van der Waals surface area contributed by atoms with Crippen LogP contribution in [-0.2, 0) is 6.61 Å². The molecule has 0 amide bonds. The van der Waals surface area contributed by atoms with Crippen molar-refractivity contribution in [2.75, 3.05) is 0 Å². The van der Waals surface area contributed by atoms with E-state index in [1.54, 1.807) is 6.07 Å². The molecule has 0 saturated carbocycles. The second-order valence-electron chi connectivity index (χ2n) is 3.35. The Bertz CT molecular complexity index is 471. The Hall–Kier alpha value is -1.54. The zero-order chi connectivity index (χ0) is 11.4. The topological polar surface area (TPSA) is 9.23 Å². The van der Waals surface area contributed by atoms with E-state index in [9.17, 15) is 4.39 Å². The minimum atomic E-state index is -0.466. The van der Waals surface area contributed by atoms with Gasteiger partial charge in [-0.1, -0.05) is 41.9 Å². The highest BCUT2D eigenvalue weighted by atomic mass is 35.5. The number of halogens is 2. The van der Waals surface area contributed by atoms with E-state index < -0.39 is 5.82 Å². The molecule has 0 radical (unpaired) electrons. The first kappa shape index (κ1) is 11.0. The lowest BCUT2D eigenvalue weighted by Crippen LogP contribution is -1.95. The lowest BCUT2D eigenvalue weighted by molar-refractivity contribution is 0.304. The summed E-state index contributed by atoms with van der Waals surface area (Å²) >= 11 is 5.57. The van der Waals surface area contributed by atoms with Crippen molar-refractivity contribution in [1.82, 2.24) is 0 Å². The van der Waals surface area contributed by atoms with Crippen LogP contribution < -0.4 is 4.74 Å². The summed E-state index contributed by atoms with van der Waals surface area (Å²) in [5.74, 6) is 0.0120. The molecule has 3 heteroatoms. The second kappa shape index (κ2) is 4.99. The number of hydrogen-bond acceptors (Lipinski definition) is 1. The predicted octanol–water partition coefficient (Wildman–Crippen LogP) is 4.06. The average molecular weight is 237 g/mol. The fourth-order valence-corrected chi connectivity index (χ4v) is 1.43. The quantitative estimate of drug-likeness (QED) is 0.781. The largest absolute Gasteiger partial charge is 0.489 e. The van der Waals surface area contributed by atoms with Crippen molar-refractivity contribution in [3.05, 3.63) is 64.9 Å². The van der Waals surface area contributed by atoms with Crippen LogP contribution in [0.1, 0.15) is 5.56 Å². The molecule has 2 aromatic carbocycles. The summed E-state index contributed by atoms with van der Waals surface area (Å²) in [6.07, 6.45) is 0. The third-order valence-electron chi connectivity index (χ3n) is 2.14. The number of benzene rings is 2. The van der Waals surface area contributed by atoms with Gasteiger partial charge in [-0.2, -0.15) is 0 Å². The molecule has 0 spiro atoms. The highest BCUT2D eigenvalue weighted by Crippen LogP contribution is 2.21. The standard InChI is InChI=1S/C13H10ClFO/c14-12-7-6-11(8-13(12)15)16-9-10-4-2-1-3-5-10/h1-8H,9H2. The van der Waals surface area contributed by atoms with Gasteiger partial charge in [0.25, 0.3) is 0 Å². The van der Waals surface area contributed by atoms with Gasteiger partial charge in [-0.15, -0.1) is 0 Å². The van der Waals surface area contributed by atoms with E-state index in [2.05, 4.69) is 0 Å². The molecule has 0 aliphatic heterocycles. The van der Waals surface area contributed by atoms with Crippen LogP contribution >= 0.6 is 11.6 Å². The molecule has 0 aliphatic carbocycles. The molecular formula is C13H10ClFO. The van der Waals surface area contributed by atoms with Crippen molar-refractivity contribution in [2.24, 2.45) is 0 Å².